The normalized spacial score (nSPS) is 19.1. The minimum atomic E-state index is -3.76. The largest absolute Gasteiger partial charge is 0.371 e. The topological polar surface area (TPSA) is 110 Å². The van der Waals surface area contributed by atoms with Gasteiger partial charge in [-0.15, -0.1) is 0 Å². The predicted molar refractivity (Wildman–Crippen MR) is 102 cm³/mol. The number of primary sulfonamides is 1. The van der Waals surface area contributed by atoms with Gasteiger partial charge in [-0.05, 0) is 37.1 Å². The first-order chi connectivity index (χ1) is 13.3. The lowest BCUT2D eigenvalue weighted by atomic mass is 10.00. The van der Waals surface area contributed by atoms with E-state index in [0.29, 0.717) is 25.4 Å². The second-order valence-corrected chi connectivity index (χ2v) is 8.78. The number of rotatable bonds is 4. The molecule has 8 nitrogen and oxygen atoms in total. The molecule has 0 amide bonds. The van der Waals surface area contributed by atoms with Crippen molar-refractivity contribution in [2.24, 2.45) is 5.14 Å². The highest BCUT2D eigenvalue weighted by Gasteiger charge is 2.40. The first-order valence-electron chi connectivity index (χ1n) is 9.16. The summed E-state index contributed by atoms with van der Waals surface area (Å²) in [6.07, 6.45) is 5.36. The fourth-order valence-electron chi connectivity index (χ4n) is 3.84. The Morgan fingerprint density at radius 1 is 1.21 bits per heavy atom. The quantitative estimate of drug-likeness (QED) is 0.799. The number of nitrogens with zero attached hydrogens (tertiary/aromatic N) is 3. The molecule has 1 saturated carbocycles. The maximum atomic E-state index is 14.4. The molecule has 2 aliphatic rings. The van der Waals surface area contributed by atoms with Crippen LogP contribution in [0.2, 0.25) is 0 Å². The minimum absolute atomic E-state index is 0.00828. The Hall–Kier alpha value is -2.30. The van der Waals surface area contributed by atoms with Gasteiger partial charge in [-0.3, -0.25) is 0 Å². The van der Waals surface area contributed by atoms with E-state index in [0.717, 1.165) is 31.9 Å². The molecule has 2 aromatic rings. The van der Waals surface area contributed by atoms with Crippen LogP contribution in [0.1, 0.15) is 25.7 Å². The monoisotopic (exact) mass is 407 g/mol. The van der Waals surface area contributed by atoms with E-state index in [1.807, 2.05) is 4.90 Å². The molecule has 28 heavy (non-hydrogen) atoms. The molecule has 0 unspecified atom stereocenters. The highest BCUT2D eigenvalue weighted by molar-refractivity contribution is 7.89. The van der Waals surface area contributed by atoms with Crippen molar-refractivity contribution in [2.75, 3.05) is 29.9 Å². The molecule has 1 aromatic heterocycles. The summed E-state index contributed by atoms with van der Waals surface area (Å²) in [6, 6.07) is 5.87. The van der Waals surface area contributed by atoms with Crippen molar-refractivity contribution >= 4 is 27.5 Å². The van der Waals surface area contributed by atoms with E-state index < -0.39 is 15.8 Å². The van der Waals surface area contributed by atoms with Gasteiger partial charge < -0.3 is 15.0 Å². The van der Waals surface area contributed by atoms with Crippen LogP contribution in [-0.4, -0.2) is 43.7 Å². The first-order valence-corrected chi connectivity index (χ1v) is 10.7. The van der Waals surface area contributed by atoms with Crippen LogP contribution in [0.5, 0.6) is 0 Å². The Kier molecular flexibility index (Phi) is 4.94. The third-order valence-corrected chi connectivity index (χ3v) is 6.16. The highest BCUT2D eigenvalue weighted by atomic mass is 32.2. The summed E-state index contributed by atoms with van der Waals surface area (Å²) >= 11 is 0. The van der Waals surface area contributed by atoms with Crippen molar-refractivity contribution in [3.05, 3.63) is 36.3 Å². The third kappa shape index (κ3) is 3.94. The molecule has 3 N–H and O–H groups in total. The molecule has 10 heteroatoms. The van der Waals surface area contributed by atoms with Crippen molar-refractivity contribution in [1.29, 1.82) is 0 Å². The molecule has 1 spiro atoms. The maximum Gasteiger partial charge on any atom is 0.238 e. The Morgan fingerprint density at radius 2 is 1.93 bits per heavy atom. The van der Waals surface area contributed by atoms with Gasteiger partial charge in [-0.2, -0.15) is 4.98 Å². The summed E-state index contributed by atoms with van der Waals surface area (Å²) in [5.41, 5.74) is 0.367. The smallest absolute Gasteiger partial charge is 0.238 e. The van der Waals surface area contributed by atoms with E-state index in [4.69, 9.17) is 9.88 Å². The number of hydrogen-bond donors (Lipinski definition) is 2. The zero-order valence-corrected chi connectivity index (χ0v) is 16.1. The van der Waals surface area contributed by atoms with E-state index in [-0.39, 0.29) is 22.3 Å². The number of ether oxygens (including phenoxy) is 1. The van der Waals surface area contributed by atoms with Gasteiger partial charge in [0, 0.05) is 18.8 Å². The molecule has 1 saturated heterocycles. The molecule has 1 aliphatic heterocycles. The molecule has 2 heterocycles. The molecule has 1 aromatic carbocycles. The summed E-state index contributed by atoms with van der Waals surface area (Å²) < 4.78 is 43.1. The van der Waals surface area contributed by atoms with E-state index in [2.05, 4.69) is 15.3 Å². The number of anilines is 3. The lowest BCUT2D eigenvalue weighted by Crippen LogP contribution is -2.51. The van der Waals surface area contributed by atoms with Gasteiger partial charge in [-0.25, -0.2) is 22.9 Å². The Bertz CT molecular complexity index is 962. The number of aromatic nitrogens is 2. The van der Waals surface area contributed by atoms with Crippen LogP contribution in [0.15, 0.2) is 35.4 Å². The van der Waals surface area contributed by atoms with E-state index >= 15 is 0 Å². The number of nitrogens with one attached hydrogen (secondary N) is 1. The molecular weight excluding hydrogens is 385 g/mol. The first kappa shape index (κ1) is 19.0. The lowest BCUT2D eigenvalue weighted by Gasteiger charge is -2.41. The van der Waals surface area contributed by atoms with Crippen molar-refractivity contribution < 1.29 is 17.5 Å². The zero-order valence-electron chi connectivity index (χ0n) is 15.3. The summed E-state index contributed by atoms with van der Waals surface area (Å²) in [6.45, 7) is 1.73. The van der Waals surface area contributed by atoms with Gasteiger partial charge >= 0.3 is 0 Å². The van der Waals surface area contributed by atoms with Gasteiger partial charge in [0.25, 0.3) is 0 Å². The predicted octanol–water partition coefficient (Wildman–Crippen LogP) is 2.16. The SMILES string of the molecule is NS(=O)(=O)c1ccc(Nc2ncc(F)c(N3CCOC4(CCCC4)C3)n2)cc1. The summed E-state index contributed by atoms with van der Waals surface area (Å²) in [5.74, 6) is -0.00915. The van der Waals surface area contributed by atoms with Crippen LogP contribution in [0.4, 0.5) is 21.8 Å². The average molecular weight is 407 g/mol. The number of sulfonamides is 1. The number of hydrogen-bond acceptors (Lipinski definition) is 7. The van der Waals surface area contributed by atoms with Crippen molar-refractivity contribution in [1.82, 2.24) is 9.97 Å². The molecule has 0 bridgehead atoms. The second-order valence-electron chi connectivity index (χ2n) is 7.22. The lowest BCUT2D eigenvalue weighted by molar-refractivity contribution is -0.0504. The molecule has 0 radical (unpaired) electrons. The summed E-state index contributed by atoms with van der Waals surface area (Å²) in [7, 11) is -3.76. The van der Waals surface area contributed by atoms with E-state index in [9.17, 15) is 12.8 Å². The molecule has 4 rings (SSSR count). The summed E-state index contributed by atoms with van der Waals surface area (Å²) in [4.78, 5) is 10.3. The van der Waals surface area contributed by atoms with Crippen LogP contribution in [-0.2, 0) is 14.8 Å². The molecular formula is C18H22FN5O3S. The Labute approximate surface area is 163 Å². The fourth-order valence-corrected chi connectivity index (χ4v) is 4.36. The zero-order chi connectivity index (χ0) is 19.8. The van der Waals surface area contributed by atoms with Crippen LogP contribution >= 0.6 is 0 Å². The van der Waals surface area contributed by atoms with E-state index in [1.54, 1.807) is 12.1 Å². The van der Waals surface area contributed by atoms with Gasteiger partial charge in [-0.1, -0.05) is 12.8 Å². The third-order valence-electron chi connectivity index (χ3n) is 5.23. The summed E-state index contributed by atoms with van der Waals surface area (Å²) in [5, 5.41) is 8.07. The number of nitrogens with two attached hydrogens (primary N) is 1. The molecule has 1 aliphatic carbocycles. The number of benzene rings is 1. The van der Waals surface area contributed by atoms with Crippen molar-refractivity contribution in [3.8, 4) is 0 Å². The van der Waals surface area contributed by atoms with Crippen LogP contribution in [0.3, 0.4) is 0 Å². The van der Waals surface area contributed by atoms with Gasteiger partial charge in [0.15, 0.2) is 11.6 Å². The highest BCUT2D eigenvalue weighted by Crippen LogP contribution is 2.37. The standard InChI is InChI=1S/C18H22FN5O3S/c19-15-11-21-17(22-13-3-5-14(6-4-13)28(20,25)26)23-16(15)24-9-10-27-18(12-24)7-1-2-8-18/h3-6,11H,1-2,7-10,12H2,(H2,20,25,26)(H,21,22,23). The van der Waals surface area contributed by atoms with Gasteiger partial charge in [0.05, 0.1) is 23.3 Å². The number of morpholine rings is 1. The minimum Gasteiger partial charge on any atom is -0.371 e. The maximum absolute atomic E-state index is 14.4. The van der Waals surface area contributed by atoms with Crippen molar-refractivity contribution in [2.45, 2.75) is 36.2 Å². The Balaban J connectivity index is 1.54. The Morgan fingerprint density at radius 3 is 2.61 bits per heavy atom. The van der Waals surface area contributed by atoms with Gasteiger partial charge in [0.1, 0.15) is 0 Å². The van der Waals surface area contributed by atoms with Gasteiger partial charge in [0.2, 0.25) is 16.0 Å². The van der Waals surface area contributed by atoms with Crippen molar-refractivity contribution in [3.63, 3.8) is 0 Å². The fraction of sp³-hybridized carbons (Fsp3) is 0.444. The second kappa shape index (κ2) is 7.26. The van der Waals surface area contributed by atoms with Crippen LogP contribution in [0, 0.1) is 5.82 Å². The van der Waals surface area contributed by atoms with Crippen LogP contribution in [0.25, 0.3) is 0 Å². The van der Waals surface area contributed by atoms with Crippen LogP contribution < -0.4 is 15.4 Å². The average Bonchev–Trinajstić information content (AvgIpc) is 3.10. The number of halogens is 1. The molecule has 2 fully saturated rings. The van der Waals surface area contributed by atoms with E-state index in [1.165, 1.54) is 12.1 Å². The molecule has 0 atom stereocenters. The molecule has 150 valence electrons.